The Morgan fingerprint density at radius 3 is 2.30 bits per heavy atom. The summed E-state index contributed by atoms with van der Waals surface area (Å²) in [6, 6.07) is 14.1. The molecule has 15 nitrogen and oxygen atoms in total. The Balaban J connectivity index is 0.889. The van der Waals surface area contributed by atoms with Crippen molar-refractivity contribution in [3.8, 4) is 28.2 Å². The number of aromatic nitrogens is 5. The van der Waals surface area contributed by atoms with Gasteiger partial charge in [0.2, 0.25) is 11.8 Å². The van der Waals surface area contributed by atoms with Crippen LogP contribution >= 0.6 is 11.6 Å². The molecule has 18 heteroatoms. The lowest BCUT2D eigenvalue weighted by Gasteiger charge is -2.39. The molecular formula is C42H47ClFN11O4S. The quantitative estimate of drug-likeness (QED) is 0.156. The lowest BCUT2D eigenvalue weighted by atomic mass is 9.91. The first-order chi connectivity index (χ1) is 28.9. The van der Waals surface area contributed by atoms with Crippen LogP contribution in [0.2, 0.25) is 5.02 Å². The van der Waals surface area contributed by atoms with Gasteiger partial charge < -0.3 is 9.80 Å². The molecule has 3 aliphatic rings. The highest BCUT2D eigenvalue weighted by Crippen LogP contribution is 2.38. The molecule has 3 aliphatic heterocycles. The van der Waals surface area contributed by atoms with Gasteiger partial charge >= 0.3 is 10.2 Å². The third-order valence-electron chi connectivity index (χ3n) is 11.7. The van der Waals surface area contributed by atoms with Crippen LogP contribution in [0.5, 0.6) is 0 Å². The summed E-state index contributed by atoms with van der Waals surface area (Å²) < 4.78 is 46.8. The van der Waals surface area contributed by atoms with Gasteiger partial charge in [0, 0.05) is 112 Å². The topological polar surface area (TPSA) is 162 Å². The number of rotatable bonds is 12. The SMILES string of the molecule is CCN(C)S(=O)(=O)Nc1cc(Cl)cc(-c2cn(-c3ccc(N4CCN(CC5CCN(c6ccc([C@H]7CCC(=O)NC7=O)cn6)CC5)CC4)cn3)nc2-c2ccncc2)c1F. The Hall–Kier alpha value is -5.49. The minimum absolute atomic E-state index is 0.0767. The van der Waals surface area contributed by atoms with Crippen molar-refractivity contribution in [1.82, 2.24) is 39.3 Å². The Morgan fingerprint density at radius 2 is 1.63 bits per heavy atom. The Labute approximate surface area is 353 Å². The maximum atomic E-state index is 16.2. The fraction of sp³-hybridized carbons (Fsp3) is 0.381. The smallest absolute Gasteiger partial charge is 0.301 e. The van der Waals surface area contributed by atoms with Crippen molar-refractivity contribution in [3.05, 3.63) is 95.9 Å². The van der Waals surface area contributed by atoms with E-state index in [4.69, 9.17) is 21.7 Å². The van der Waals surface area contributed by atoms with Gasteiger partial charge in [0.15, 0.2) is 11.6 Å². The Kier molecular flexibility index (Phi) is 12.1. The van der Waals surface area contributed by atoms with Gasteiger partial charge in [-0.25, -0.2) is 19.0 Å². The molecule has 3 saturated heterocycles. The zero-order valence-electron chi connectivity index (χ0n) is 33.5. The summed E-state index contributed by atoms with van der Waals surface area (Å²) in [5.41, 5.74) is 3.18. The number of hydrogen-bond acceptors (Lipinski definition) is 11. The molecule has 2 N–H and O–H groups in total. The van der Waals surface area contributed by atoms with E-state index in [1.165, 1.54) is 19.2 Å². The summed E-state index contributed by atoms with van der Waals surface area (Å²) >= 11 is 6.45. The molecule has 8 rings (SSSR count). The van der Waals surface area contributed by atoms with Crippen molar-refractivity contribution in [2.75, 3.05) is 73.9 Å². The normalized spacial score (nSPS) is 18.2. The van der Waals surface area contributed by atoms with Gasteiger partial charge in [-0.1, -0.05) is 24.6 Å². The van der Waals surface area contributed by atoms with Gasteiger partial charge in [0.25, 0.3) is 0 Å². The van der Waals surface area contributed by atoms with E-state index in [9.17, 15) is 18.0 Å². The number of halogens is 2. The first-order valence-corrected chi connectivity index (χ1v) is 22.0. The molecule has 0 spiro atoms. The summed E-state index contributed by atoms with van der Waals surface area (Å²) in [6.45, 7) is 8.43. The number of pyridine rings is 3. The lowest BCUT2D eigenvalue weighted by Crippen LogP contribution is -2.49. The highest BCUT2D eigenvalue weighted by molar-refractivity contribution is 7.90. The number of imide groups is 1. The van der Waals surface area contributed by atoms with E-state index in [0.717, 1.165) is 80.0 Å². The maximum absolute atomic E-state index is 16.2. The molecule has 314 valence electrons. The summed E-state index contributed by atoms with van der Waals surface area (Å²) in [7, 11) is -2.62. The van der Waals surface area contributed by atoms with Crippen molar-refractivity contribution in [3.63, 3.8) is 0 Å². The lowest BCUT2D eigenvalue weighted by molar-refractivity contribution is -0.134. The van der Waals surface area contributed by atoms with Crippen LogP contribution in [0.25, 0.3) is 28.2 Å². The molecule has 0 saturated carbocycles. The zero-order valence-corrected chi connectivity index (χ0v) is 35.0. The van der Waals surface area contributed by atoms with Gasteiger partial charge in [0.1, 0.15) is 11.5 Å². The second-order valence-corrected chi connectivity index (χ2v) is 17.7. The number of benzene rings is 1. The third-order valence-corrected chi connectivity index (χ3v) is 13.4. The van der Waals surface area contributed by atoms with Gasteiger partial charge in [-0.3, -0.25) is 29.5 Å². The van der Waals surface area contributed by atoms with Gasteiger partial charge in [-0.05, 0) is 73.2 Å². The number of hydrogen-bond donors (Lipinski definition) is 2. The Bertz CT molecular complexity index is 2440. The summed E-state index contributed by atoms with van der Waals surface area (Å²) in [6.07, 6.45) is 11.6. The van der Waals surface area contributed by atoms with Gasteiger partial charge in [-0.2, -0.15) is 17.8 Å². The largest absolute Gasteiger partial charge is 0.368 e. The maximum Gasteiger partial charge on any atom is 0.301 e. The second kappa shape index (κ2) is 17.6. The number of amides is 2. The van der Waals surface area contributed by atoms with E-state index in [0.29, 0.717) is 41.4 Å². The minimum atomic E-state index is -4.02. The third kappa shape index (κ3) is 8.99. The summed E-state index contributed by atoms with van der Waals surface area (Å²) in [5.74, 6) is 0.481. The fourth-order valence-corrected chi connectivity index (χ4v) is 9.20. The molecule has 0 bridgehead atoms. The number of carbonyl (C=O) groups is 2. The highest BCUT2D eigenvalue weighted by atomic mass is 35.5. The van der Waals surface area contributed by atoms with Crippen molar-refractivity contribution < 1.29 is 22.4 Å². The monoisotopic (exact) mass is 855 g/mol. The molecule has 60 heavy (non-hydrogen) atoms. The van der Waals surface area contributed by atoms with Crippen LogP contribution in [0.4, 0.5) is 21.6 Å². The number of piperazine rings is 1. The summed E-state index contributed by atoms with van der Waals surface area (Å²) in [4.78, 5) is 44.6. The standard InChI is InChI=1S/C42H47ClFN11O4S/c1-3-51(2)60(58,59)50-36-23-31(43)22-34(40(36)44)35-27-55(49-41(35)29-10-14-45-15-11-29)38-8-5-32(25-47-38)53-20-18-52(19-21-53)26-28-12-16-54(17-13-28)37-7-4-30(24-46-37)33-6-9-39(56)48-42(33)57/h4-5,7-8,10-11,14-15,22-25,27-28,33,50H,3,6,9,12-13,16-21,26H2,1-2H3,(H,48,56,57)/t33-/m1/s1. The second-order valence-electron chi connectivity index (χ2n) is 15.5. The number of carbonyl (C=O) groups excluding carboxylic acids is 2. The van der Waals surface area contributed by atoms with Gasteiger partial charge in [-0.15, -0.1) is 0 Å². The number of nitrogens with one attached hydrogen (secondary N) is 2. The van der Waals surface area contributed by atoms with Gasteiger partial charge in [0.05, 0.1) is 23.5 Å². The van der Waals surface area contributed by atoms with Crippen molar-refractivity contribution >= 4 is 50.8 Å². The highest BCUT2D eigenvalue weighted by Gasteiger charge is 2.30. The Morgan fingerprint density at radius 1 is 0.900 bits per heavy atom. The first kappa shape index (κ1) is 41.3. The number of piperidine rings is 2. The van der Waals surface area contributed by atoms with E-state index in [2.05, 4.69) is 34.7 Å². The minimum Gasteiger partial charge on any atom is -0.368 e. The molecular weight excluding hydrogens is 809 g/mol. The van der Waals surface area contributed by atoms with E-state index < -0.39 is 16.0 Å². The molecule has 1 atom stereocenters. The van der Waals surface area contributed by atoms with Crippen LogP contribution in [0.3, 0.4) is 0 Å². The summed E-state index contributed by atoms with van der Waals surface area (Å²) in [5, 5.41) is 7.40. The average molecular weight is 856 g/mol. The fourth-order valence-electron chi connectivity index (χ4n) is 8.06. The molecule has 3 fully saturated rings. The van der Waals surface area contributed by atoms with Crippen LogP contribution in [-0.4, -0.2) is 114 Å². The molecule has 0 aliphatic carbocycles. The van der Waals surface area contributed by atoms with E-state index in [-0.39, 0.29) is 40.6 Å². The van der Waals surface area contributed by atoms with Crippen molar-refractivity contribution in [2.45, 2.75) is 38.5 Å². The molecule has 2 amide bonds. The zero-order chi connectivity index (χ0) is 42.0. The van der Waals surface area contributed by atoms with Crippen molar-refractivity contribution in [1.29, 1.82) is 0 Å². The molecule has 0 unspecified atom stereocenters. The first-order valence-electron chi connectivity index (χ1n) is 20.2. The van der Waals surface area contributed by atoms with Crippen LogP contribution in [0, 0.1) is 11.7 Å². The molecule has 7 heterocycles. The average Bonchev–Trinajstić information content (AvgIpc) is 3.71. The molecule has 4 aromatic heterocycles. The molecule has 1 aromatic carbocycles. The molecule has 5 aromatic rings. The predicted molar refractivity (Wildman–Crippen MR) is 229 cm³/mol. The van der Waals surface area contributed by atoms with E-state index in [1.54, 1.807) is 48.5 Å². The van der Waals surface area contributed by atoms with Crippen molar-refractivity contribution in [2.24, 2.45) is 5.92 Å². The molecule has 0 radical (unpaired) electrons. The number of nitrogens with zero attached hydrogens (tertiary/aromatic N) is 9. The van der Waals surface area contributed by atoms with Crippen LogP contribution < -0.4 is 19.8 Å². The van der Waals surface area contributed by atoms with Crippen LogP contribution in [-0.2, 0) is 19.8 Å². The van der Waals surface area contributed by atoms with Crippen LogP contribution in [0.15, 0.2) is 79.5 Å². The van der Waals surface area contributed by atoms with Crippen LogP contribution in [0.1, 0.15) is 44.1 Å². The van der Waals surface area contributed by atoms with E-state index in [1.807, 2.05) is 30.5 Å². The number of anilines is 3. The predicted octanol–water partition coefficient (Wildman–Crippen LogP) is 5.35. The van der Waals surface area contributed by atoms with E-state index >= 15 is 4.39 Å².